The minimum absolute atomic E-state index is 0.608. The number of hydrogen-bond acceptors (Lipinski definition) is 5. The van der Waals surface area contributed by atoms with Crippen molar-refractivity contribution >= 4 is 22.4 Å². The van der Waals surface area contributed by atoms with E-state index in [1.165, 1.54) is 37.2 Å². The van der Waals surface area contributed by atoms with Crippen LogP contribution in [0.5, 0.6) is 0 Å². The molecule has 1 saturated carbocycles. The monoisotopic (exact) mass is 240 g/mol. The number of nitrogens with one attached hydrogen (secondary N) is 1. The number of likely N-dealkylation sites (N-methyl/N-ethyl adjacent to an activating group) is 1. The van der Waals surface area contributed by atoms with Gasteiger partial charge in [-0.1, -0.05) is 12.8 Å². The fraction of sp³-hybridized carbons (Fsp3) is 0.727. The van der Waals surface area contributed by atoms with Crippen molar-refractivity contribution in [2.24, 2.45) is 0 Å². The Morgan fingerprint density at radius 1 is 1.56 bits per heavy atom. The molecule has 0 bridgehead atoms. The van der Waals surface area contributed by atoms with Crippen molar-refractivity contribution < 1.29 is 0 Å². The quantitative estimate of drug-likeness (QED) is 0.826. The van der Waals surface area contributed by atoms with Crippen molar-refractivity contribution in [1.82, 2.24) is 9.27 Å². The number of nitrogens with two attached hydrogens (primary N) is 1. The summed E-state index contributed by atoms with van der Waals surface area (Å²) in [6.45, 7) is 2.05. The van der Waals surface area contributed by atoms with Gasteiger partial charge in [-0.15, -0.1) is 0 Å². The van der Waals surface area contributed by atoms with Crippen LogP contribution in [0.3, 0.4) is 0 Å². The van der Waals surface area contributed by atoms with E-state index in [0.29, 0.717) is 5.82 Å². The summed E-state index contributed by atoms with van der Waals surface area (Å²) in [6, 6.07) is 2.69. The van der Waals surface area contributed by atoms with E-state index in [9.17, 15) is 0 Å². The minimum Gasteiger partial charge on any atom is -0.383 e. The zero-order valence-corrected chi connectivity index (χ0v) is 10.6. The largest absolute Gasteiger partial charge is 0.383 e. The summed E-state index contributed by atoms with van der Waals surface area (Å²) in [6.07, 6.45) is 5.52. The normalized spacial score (nSPS) is 17.1. The third-order valence-electron chi connectivity index (χ3n) is 3.24. The molecule has 0 aliphatic heterocycles. The molecular weight excluding hydrogens is 220 g/mol. The van der Waals surface area contributed by atoms with Crippen molar-refractivity contribution in [1.29, 1.82) is 0 Å². The lowest BCUT2D eigenvalue weighted by Gasteiger charge is -2.23. The highest BCUT2D eigenvalue weighted by Crippen LogP contribution is 2.22. The smallest absolute Gasteiger partial charge is 0.139 e. The van der Waals surface area contributed by atoms with E-state index in [1.54, 1.807) is 0 Å². The van der Waals surface area contributed by atoms with Crippen LogP contribution in [0.25, 0.3) is 0 Å². The standard InChI is InChI=1S/C11H20N4S/c1-15(9-4-2-3-5-9)7-6-13-11-8-10(12)14-16-11/h8-9,13H,2-7H2,1H3,(H2,12,14). The van der Waals surface area contributed by atoms with Crippen LogP contribution in [0, 0.1) is 0 Å². The Hall–Kier alpha value is -0.810. The predicted octanol–water partition coefficient (Wildman–Crippen LogP) is 2.01. The first-order chi connectivity index (χ1) is 7.75. The lowest BCUT2D eigenvalue weighted by atomic mass is 10.2. The number of aromatic nitrogens is 1. The molecule has 5 heteroatoms. The Labute approximate surface area is 101 Å². The lowest BCUT2D eigenvalue weighted by Crippen LogP contribution is -2.33. The molecular formula is C11H20N4S. The summed E-state index contributed by atoms with van der Waals surface area (Å²) < 4.78 is 4.04. The number of nitrogen functional groups attached to an aromatic ring is 1. The fourth-order valence-electron chi connectivity index (χ4n) is 2.26. The number of nitrogens with zero attached hydrogens (tertiary/aromatic N) is 2. The molecule has 90 valence electrons. The van der Waals surface area contributed by atoms with Gasteiger partial charge in [-0.05, 0) is 31.4 Å². The Balaban J connectivity index is 1.67. The van der Waals surface area contributed by atoms with Crippen LogP contribution in [-0.2, 0) is 0 Å². The molecule has 0 saturated heterocycles. The van der Waals surface area contributed by atoms with Gasteiger partial charge < -0.3 is 16.0 Å². The SMILES string of the molecule is CN(CCNc1cc(N)ns1)C1CCCC1. The maximum Gasteiger partial charge on any atom is 0.139 e. The van der Waals surface area contributed by atoms with E-state index >= 15 is 0 Å². The van der Waals surface area contributed by atoms with E-state index in [4.69, 9.17) is 5.73 Å². The zero-order chi connectivity index (χ0) is 11.4. The molecule has 1 heterocycles. The van der Waals surface area contributed by atoms with Crippen LogP contribution >= 0.6 is 11.5 Å². The first-order valence-electron chi connectivity index (χ1n) is 5.92. The lowest BCUT2D eigenvalue weighted by molar-refractivity contribution is 0.255. The van der Waals surface area contributed by atoms with E-state index in [-0.39, 0.29) is 0 Å². The molecule has 1 aromatic rings. The second-order valence-electron chi connectivity index (χ2n) is 4.46. The molecule has 0 atom stereocenters. The summed E-state index contributed by atoms with van der Waals surface area (Å²) in [5, 5.41) is 4.42. The molecule has 0 spiro atoms. The van der Waals surface area contributed by atoms with Gasteiger partial charge in [-0.3, -0.25) is 0 Å². The highest BCUT2D eigenvalue weighted by molar-refractivity contribution is 7.10. The molecule has 1 fully saturated rings. The molecule has 0 amide bonds. The van der Waals surface area contributed by atoms with Gasteiger partial charge in [0.15, 0.2) is 0 Å². The van der Waals surface area contributed by atoms with Gasteiger partial charge in [0.1, 0.15) is 10.8 Å². The molecule has 0 aromatic carbocycles. The van der Waals surface area contributed by atoms with E-state index in [0.717, 1.165) is 24.1 Å². The van der Waals surface area contributed by atoms with Gasteiger partial charge in [0.2, 0.25) is 0 Å². The summed E-state index contributed by atoms with van der Waals surface area (Å²) in [5.74, 6) is 0.608. The second kappa shape index (κ2) is 5.50. The van der Waals surface area contributed by atoms with Crippen LogP contribution in [-0.4, -0.2) is 35.5 Å². The highest BCUT2D eigenvalue weighted by Gasteiger charge is 2.18. The van der Waals surface area contributed by atoms with Crippen molar-refractivity contribution in [2.45, 2.75) is 31.7 Å². The average molecular weight is 240 g/mol. The van der Waals surface area contributed by atoms with Crippen molar-refractivity contribution in [3.63, 3.8) is 0 Å². The minimum atomic E-state index is 0.608. The first kappa shape index (κ1) is 11.7. The molecule has 1 aliphatic carbocycles. The molecule has 1 aromatic heterocycles. The van der Waals surface area contributed by atoms with Gasteiger partial charge in [0, 0.05) is 25.2 Å². The third kappa shape index (κ3) is 3.09. The van der Waals surface area contributed by atoms with Gasteiger partial charge >= 0.3 is 0 Å². The number of anilines is 2. The Kier molecular flexibility index (Phi) is 4.01. The number of rotatable bonds is 5. The van der Waals surface area contributed by atoms with E-state index in [1.807, 2.05) is 6.07 Å². The molecule has 2 rings (SSSR count). The van der Waals surface area contributed by atoms with Crippen molar-refractivity contribution in [2.75, 3.05) is 31.2 Å². The summed E-state index contributed by atoms with van der Waals surface area (Å²) >= 11 is 1.43. The molecule has 4 nitrogen and oxygen atoms in total. The molecule has 16 heavy (non-hydrogen) atoms. The Bertz CT molecular complexity index is 320. The summed E-state index contributed by atoms with van der Waals surface area (Å²) in [7, 11) is 2.22. The summed E-state index contributed by atoms with van der Waals surface area (Å²) in [4.78, 5) is 2.46. The fourth-order valence-corrected chi connectivity index (χ4v) is 2.85. The van der Waals surface area contributed by atoms with Gasteiger partial charge in [0.25, 0.3) is 0 Å². The Morgan fingerprint density at radius 3 is 2.94 bits per heavy atom. The highest BCUT2D eigenvalue weighted by atomic mass is 32.1. The van der Waals surface area contributed by atoms with Crippen molar-refractivity contribution in [3.05, 3.63) is 6.07 Å². The van der Waals surface area contributed by atoms with Crippen LogP contribution in [0.1, 0.15) is 25.7 Å². The van der Waals surface area contributed by atoms with E-state index in [2.05, 4.69) is 21.6 Å². The van der Waals surface area contributed by atoms with Crippen molar-refractivity contribution in [3.8, 4) is 0 Å². The van der Waals surface area contributed by atoms with Crippen LogP contribution in [0.2, 0.25) is 0 Å². The van der Waals surface area contributed by atoms with Crippen LogP contribution in [0.4, 0.5) is 10.8 Å². The maximum atomic E-state index is 5.56. The summed E-state index contributed by atoms with van der Waals surface area (Å²) in [5.41, 5.74) is 5.56. The zero-order valence-electron chi connectivity index (χ0n) is 9.78. The molecule has 1 aliphatic rings. The van der Waals surface area contributed by atoms with Gasteiger partial charge in [0.05, 0.1) is 0 Å². The van der Waals surface area contributed by atoms with Gasteiger partial charge in [-0.2, -0.15) is 4.37 Å². The molecule has 0 unspecified atom stereocenters. The van der Waals surface area contributed by atoms with Gasteiger partial charge in [-0.25, -0.2) is 0 Å². The maximum absolute atomic E-state index is 5.56. The predicted molar refractivity (Wildman–Crippen MR) is 69.9 cm³/mol. The Morgan fingerprint density at radius 2 is 2.31 bits per heavy atom. The van der Waals surface area contributed by atoms with Crippen LogP contribution in [0.15, 0.2) is 6.07 Å². The number of hydrogen-bond donors (Lipinski definition) is 2. The van der Waals surface area contributed by atoms with Crippen LogP contribution < -0.4 is 11.1 Å². The average Bonchev–Trinajstić information content (AvgIpc) is 2.89. The molecule has 3 N–H and O–H groups in total. The van der Waals surface area contributed by atoms with E-state index < -0.39 is 0 Å². The first-order valence-corrected chi connectivity index (χ1v) is 6.69. The topological polar surface area (TPSA) is 54.2 Å². The third-order valence-corrected chi connectivity index (χ3v) is 4.00. The molecule has 0 radical (unpaired) electrons. The second-order valence-corrected chi connectivity index (χ2v) is 5.27.